The van der Waals surface area contributed by atoms with E-state index < -0.39 is 12.0 Å². The Balaban J connectivity index is 2.47. The highest BCUT2D eigenvalue weighted by Crippen LogP contribution is 2.27. The summed E-state index contributed by atoms with van der Waals surface area (Å²) in [4.78, 5) is 22.9. The van der Waals surface area contributed by atoms with E-state index in [1.807, 2.05) is 18.2 Å². The highest BCUT2D eigenvalue weighted by atomic mass is 16.5. The van der Waals surface area contributed by atoms with E-state index >= 15 is 0 Å². The summed E-state index contributed by atoms with van der Waals surface area (Å²) in [5.41, 5.74) is 1.25. The van der Waals surface area contributed by atoms with Crippen molar-refractivity contribution in [2.45, 2.75) is 13.0 Å². The van der Waals surface area contributed by atoms with Gasteiger partial charge in [0.1, 0.15) is 5.58 Å². The number of fused-ring (bicyclic) bond motifs is 1. The predicted molar refractivity (Wildman–Crippen MR) is 64.8 cm³/mol. The number of carbonyl (C=O) groups excluding carboxylic acids is 2. The Morgan fingerprint density at radius 1 is 1.33 bits per heavy atom. The first-order chi connectivity index (χ1) is 8.63. The third-order valence-electron chi connectivity index (χ3n) is 2.61. The fraction of sp³-hybridized carbons (Fsp3) is 0.231. The molecule has 1 amide bonds. The Kier molecular flexibility index (Phi) is 3.32. The minimum atomic E-state index is -0.851. The first-order valence-electron chi connectivity index (χ1n) is 5.44. The van der Waals surface area contributed by atoms with Crippen LogP contribution in [0.25, 0.3) is 11.0 Å². The number of hydrogen-bond acceptors (Lipinski definition) is 4. The molecular weight excluding hydrogens is 234 g/mol. The van der Waals surface area contributed by atoms with Crippen molar-refractivity contribution in [3.8, 4) is 0 Å². The van der Waals surface area contributed by atoms with Crippen LogP contribution in [0.2, 0.25) is 0 Å². The molecule has 1 aromatic carbocycles. The molecule has 2 aromatic rings. The van der Waals surface area contributed by atoms with Crippen LogP contribution in [0.1, 0.15) is 18.5 Å². The summed E-state index contributed by atoms with van der Waals surface area (Å²) in [6, 6.07) is 6.44. The fourth-order valence-corrected chi connectivity index (χ4v) is 1.81. The van der Waals surface area contributed by atoms with Gasteiger partial charge in [0.05, 0.1) is 13.4 Å². The van der Waals surface area contributed by atoms with Crippen molar-refractivity contribution in [2.75, 3.05) is 7.11 Å². The lowest BCUT2D eigenvalue weighted by molar-refractivity contribution is -0.145. The molecule has 1 N–H and O–H groups in total. The summed E-state index contributed by atoms with van der Waals surface area (Å²) in [7, 11) is 1.28. The maximum absolute atomic E-state index is 11.7. The van der Waals surface area contributed by atoms with Gasteiger partial charge in [-0.15, -0.1) is 0 Å². The molecule has 18 heavy (non-hydrogen) atoms. The molecule has 0 aliphatic rings. The van der Waals surface area contributed by atoms with Crippen LogP contribution in [-0.2, 0) is 14.3 Å². The number of furan rings is 1. The Morgan fingerprint density at radius 2 is 2.06 bits per heavy atom. The minimum absolute atomic E-state index is 0.310. The molecule has 0 saturated carbocycles. The van der Waals surface area contributed by atoms with Crippen LogP contribution < -0.4 is 5.32 Å². The molecule has 0 aliphatic heterocycles. The van der Waals surface area contributed by atoms with Crippen molar-refractivity contribution in [3.63, 3.8) is 0 Å². The van der Waals surface area contributed by atoms with Gasteiger partial charge in [-0.2, -0.15) is 0 Å². The van der Waals surface area contributed by atoms with Crippen LogP contribution in [0.3, 0.4) is 0 Å². The molecular formula is C13H13NO4. The zero-order valence-corrected chi connectivity index (χ0v) is 10.1. The fourth-order valence-electron chi connectivity index (χ4n) is 1.81. The van der Waals surface area contributed by atoms with Gasteiger partial charge in [0.15, 0.2) is 6.04 Å². The topological polar surface area (TPSA) is 68.5 Å². The van der Waals surface area contributed by atoms with E-state index in [-0.39, 0.29) is 5.91 Å². The molecule has 0 aliphatic carbocycles. The number of carbonyl (C=O) groups is 2. The van der Waals surface area contributed by atoms with E-state index in [2.05, 4.69) is 5.32 Å². The molecule has 1 heterocycles. The highest BCUT2D eigenvalue weighted by Gasteiger charge is 2.25. The van der Waals surface area contributed by atoms with Crippen LogP contribution in [0.4, 0.5) is 0 Å². The zero-order chi connectivity index (χ0) is 13.1. The number of amides is 1. The summed E-state index contributed by atoms with van der Waals surface area (Å²) in [6.07, 6.45) is 1.46. The molecule has 1 aromatic heterocycles. The van der Waals surface area contributed by atoms with Crippen molar-refractivity contribution in [2.24, 2.45) is 0 Å². The molecule has 5 heteroatoms. The molecule has 1 atom stereocenters. The lowest BCUT2D eigenvalue weighted by atomic mass is 10.1. The SMILES string of the molecule is COC(=O)C(NC(C)=O)c1coc2ccccc12. The van der Waals surface area contributed by atoms with Gasteiger partial charge in [-0.05, 0) is 6.07 Å². The lowest BCUT2D eigenvalue weighted by Gasteiger charge is -2.14. The largest absolute Gasteiger partial charge is 0.467 e. The Bertz CT molecular complexity index is 587. The second-order valence-corrected chi connectivity index (χ2v) is 3.84. The third-order valence-corrected chi connectivity index (χ3v) is 2.61. The quantitative estimate of drug-likeness (QED) is 0.839. The van der Waals surface area contributed by atoms with Crippen molar-refractivity contribution in [3.05, 3.63) is 36.1 Å². The number of para-hydroxylation sites is 1. The average Bonchev–Trinajstić information content (AvgIpc) is 2.78. The van der Waals surface area contributed by atoms with Gasteiger partial charge >= 0.3 is 5.97 Å². The monoisotopic (exact) mass is 247 g/mol. The number of nitrogens with one attached hydrogen (secondary N) is 1. The molecule has 5 nitrogen and oxygen atoms in total. The van der Waals surface area contributed by atoms with Crippen molar-refractivity contribution < 1.29 is 18.7 Å². The Hall–Kier alpha value is -2.30. The van der Waals surface area contributed by atoms with Crippen LogP contribution in [0.5, 0.6) is 0 Å². The summed E-state index contributed by atoms with van der Waals surface area (Å²) in [5, 5.41) is 3.33. The Labute approximate surface area is 104 Å². The van der Waals surface area contributed by atoms with Crippen LogP contribution >= 0.6 is 0 Å². The summed E-state index contributed by atoms with van der Waals surface area (Å²) in [6.45, 7) is 1.35. The normalized spacial score (nSPS) is 12.1. The van der Waals surface area contributed by atoms with Crippen LogP contribution in [0.15, 0.2) is 34.9 Å². The first-order valence-corrected chi connectivity index (χ1v) is 5.44. The minimum Gasteiger partial charge on any atom is -0.467 e. The van der Waals surface area contributed by atoms with Crippen molar-refractivity contribution in [1.29, 1.82) is 0 Å². The van der Waals surface area contributed by atoms with Gasteiger partial charge in [-0.25, -0.2) is 4.79 Å². The summed E-state index contributed by atoms with van der Waals surface area (Å²) < 4.78 is 10.0. The van der Waals surface area contributed by atoms with Gasteiger partial charge in [0.25, 0.3) is 0 Å². The molecule has 0 bridgehead atoms. The molecule has 0 saturated heterocycles. The summed E-state index contributed by atoms with van der Waals surface area (Å²) >= 11 is 0. The molecule has 94 valence electrons. The number of methoxy groups -OCH3 is 1. The van der Waals surface area contributed by atoms with Crippen molar-refractivity contribution in [1.82, 2.24) is 5.32 Å². The van der Waals surface area contributed by atoms with Gasteiger partial charge in [0.2, 0.25) is 5.91 Å². The lowest BCUT2D eigenvalue weighted by Crippen LogP contribution is -2.32. The van der Waals surface area contributed by atoms with Gasteiger partial charge in [-0.1, -0.05) is 18.2 Å². The second-order valence-electron chi connectivity index (χ2n) is 3.84. The maximum Gasteiger partial charge on any atom is 0.333 e. The maximum atomic E-state index is 11.7. The van der Waals surface area contributed by atoms with E-state index in [4.69, 9.17) is 9.15 Å². The zero-order valence-electron chi connectivity index (χ0n) is 10.1. The molecule has 2 rings (SSSR count). The van der Waals surface area contributed by atoms with E-state index in [9.17, 15) is 9.59 Å². The standard InChI is InChI=1S/C13H13NO4/c1-8(15)14-12(13(16)17-2)10-7-18-11-6-4-3-5-9(10)11/h3-7,12H,1-2H3,(H,14,15). The number of ether oxygens (including phenoxy) is 1. The number of hydrogen-bond donors (Lipinski definition) is 1. The van der Waals surface area contributed by atoms with Crippen molar-refractivity contribution >= 4 is 22.8 Å². The summed E-state index contributed by atoms with van der Waals surface area (Å²) in [5.74, 6) is -0.840. The van der Waals surface area contributed by atoms with E-state index in [1.54, 1.807) is 6.07 Å². The van der Waals surface area contributed by atoms with E-state index in [0.29, 0.717) is 11.1 Å². The van der Waals surface area contributed by atoms with Gasteiger partial charge in [-0.3, -0.25) is 4.79 Å². The Morgan fingerprint density at radius 3 is 2.72 bits per heavy atom. The number of esters is 1. The number of benzene rings is 1. The third kappa shape index (κ3) is 2.20. The van der Waals surface area contributed by atoms with Gasteiger partial charge in [0, 0.05) is 17.9 Å². The van der Waals surface area contributed by atoms with Crippen LogP contribution in [0, 0.1) is 0 Å². The predicted octanol–water partition coefficient (Wildman–Crippen LogP) is 1.78. The van der Waals surface area contributed by atoms with Gasteiger partial charge < -0.3 is 14.5 Å². The molecule has 0 fully saturated rings. The van der Waals surface area contributed by atoms with E-state index in [1.165, 1.54) is 20.3 Å². The molecule has 0 radical (unpaired) electrons. The number of rotatable bonds is 3. The smallest absolute Gasteiger partial charge is 0.333 e. The first kappa shape index (κ1) is 12.2. The van der Waals surface area contributed by atoms with E-state index in [0.717, 1.165) is 5.39 Å². The van der Waals surface area contributed by atoms with Crippen LogP contribution in [-0.4, -0.2) is 19.0 Å². The molecule has 0 spiro atoms. The second kappa shape index (κ2) is 4.91. The highest BCUT2D eigenvalue weighted by molar-refractivity contribution is 5.91. The average molecular weight is 247 g/mol. The molecule has 1 unspecified atom stereocenters.